The largest absolute Gasteiger partial charge is 0.472 e. The summed E-state index contributed by atoms with van der Waals surface area (Å²) in [7, 11) is -9.91. The van der Waals surface area contributed by atoms with Crippen molar-refractivity contribution in [3.63, 3.8) is 0 Å². The molecule has 0 spiro atoms. The van der Waals surface area contributed by atoms with Gasteiger partial charge in [0.05, 0.1) is 26.4 Å². The van der Waals surface area contributed by atoms with Crippen molar-refractivity contribution in [3.05, 3.63) is 0 Å². The van der Waals surface area contributed by atoms with E-state index in [0.29, 0.717) is 25.7 Å². The zero-order chi connectivity index (χ0) is 69.3. The van der Waals surface area contributed by atoms with Gasteiger partial charge < -0.3 is 33.8 Å². The number of unbranched alkanes of at least 4 members (excludes halogenated alkanes) is 43. The summed E-state index contributed by atoms with van der Waals surface area (Å²) in [4.78, 5) is 72.7. The molecule has 0 aliphatic heterocycles. The monoisotopic (exact) mass is 1380 g/mol. The van der Waals surface area contributed by atoms with Crippen LogP contribution in [0.15, 0.2) is 0 Å². The van der Waals surface area contributed by atoms with Gasteiger partial charge in [0, 0.05) is 25.7 Å². The Balaban J connectivity index is 5.23. The number of rotatable bonds is 74. The van der Waals surface area contributed by atoms with Crippen LogP contribution in [0.4, 0.5) is 0 Å². The molecule has 0 saturated heterocycles. The first-order valence-corrected chi connectivity index (χ1v) is 42.0. The Bertz CT molecular complexity index is 1820. The van der Waals surface area contributed by atoms with E-state index >= 15 is 0 Å². The second-order valence-electron chi connectivity index (χ2n) is 27.8. The number of hydrogen-bond acceptors (Lipinski definition) is 15. The number of aliphatic hydroxyl groups is 1. The first-order valence-electron chi connectivity index (χ1n) is 39.0. The van der Waals surface area contributed by atoms with E-state index in [1.54, 1.807) is 0 Å². The number of carbonyl (C=O) groups is 4. The molecule has 0 bridgehead atoms. The summed E-state index contributed by atoms with van der Waals surface area (Å²) >= 11 is 0. The van der Waals surface area contributed by atoms with Crippen LogP contribution in [0, 0.1) is 11.8 Å². The van der Waals surface area contributed by atoms with Crippen molar-refractivity contribution in [2.75, 3.05) is 39.6 Å². The molecule has 0 aliphatic carbocycles. The quantitative estimate of drug-likeness (QED) is 0.0222. The zero-order valence-electron chi connectivity index (χ0n) is 61.3. The molecule has 0 fully saturated rings. The molecule has 0 aromatic heterocycles. The molecular weight excluding hydrogens is 1230 g/mol. The minimum atomic E-state index is -4.96. The number of ether oxygens (including phenoxy) is 4. The van der Waals surface area contributed by atoms with Crippen LogP contribution in [-0.4, -0.2) is 96.7 Å². The second-order valence-corrected chi connectivity index (χ2v) is 30.7. The molecule has 558 valence electrons. The summed E-state index contributed by atoms with van der Waals surface area (Å²) in [6.07, 6.45) is 53.9. The number of phosphoric acid groups is 2. The summed E-state index contributed by atoms with van der Waals surface area (Å²) in [6, 6.07) is 0. The van der Waals surface area contributed by atoms with Gasteiger partial charge in [-0.25, -0.2) is 9.13 Å². The SMILES string of the molecule is CCCCCCCCCCCCCCC(=O)O[C@H](COC(=O)CCCCCCCCCCCCC)COP(=O)(O)OC[C@H](O)COP(=O)(O)OC[C@@H](COC(=O)CCCCCCCCCCC(C)CC)OC(=O)CCCCCCCCCCCCCCCCCCC(C)C. The minimum absolute atomic E-state index is 0.108. The number of carbonyl (C=O) groups excluding carboxylic acids is 4. The Labute approximate surface area is 575 Å². The van der Waals surface area contributed by atoms with E-state index in [-0.39, 0.29) is 25.7 Å². The second kappa shape index (κ2) is 66.9. The van der Waals surface area contributed by atoms with Crippen LogP contribution in [0.3, 0.4) is 0 Å². The van der Waals surface area contributed by atoms with Gasteiger partial charge in [-0.3, -0.25) is 37.3 Å². The molecule has 3 N–H and O–H groups in total. The highest BCUT2D eigenvalue weighted by molar-refractivity contribution is 7.47. The zero-order valence-corrected chi connectivity index (χ0v) is 63.1. The summed E-state index contributed by atoms with van der Waals surface area (Å²) in [5.74, 6) is -0.529. The fourth-order valence-electron chi connectivity index (χ4n) is 11.4. The predicted molar refractivity (Wildman–Crippen MR) is 381 cm³/mol. The van der Waals surface area contributed by atoms with Crippen LogP contribution in [0.25, 0.3) is 0 Å². The lowest BCUT2D eigenvalue weighted by atomic mass is 9.99. The third kappa shape index (κ3) is 67.3. The Morgan fingerprint density at radius 1 is 0.309 bits per heavy atom. The molecule has 0 amide bonds. The summed E-state index contributed by atoms with van der Waals surface area (Å²) < 4.78 is 68.5. The molecule has 0 aromatic carbocycles. The van der Waals surface area contributed by atoms with Crippen molar-refractivity contribution < 1.29 is 80.2 Å². The molecule has 0 radical (unpaired) electrons. The van der Waals surface area contributed by atoms with Crippen molar-refractivity contribution in [2.45, 2.75) is 407 Å². The third-order valence-electron chi connectivity index (χ3n) is 17.8. The van der Waals surface area contributed by atoms with Crippen LogP contribution < -0.4 is 0 Å². The average Bonchev–Trinajstić information content (AvgIpc) is 1.56. The average molecular weight is 1380 g/mol. The normalized spacial score (nSPS) is 14.3. The lowest BCUT2D eigenvalue weighted by molar-refractivity contribution is -0.161. The van der Waals surface area contributed by atoms with Gasteiger partial charge in [0.25, 0.3) is 0 Å². The highest BCUT2D eigenvalue weighted by atomic mass is 31.2. The molecule has 0 aromatic rings. The number of esters is 4. The van der Waals surface area contributed by atoms with Crippen LogP contribution in [0.5, 0.6) is 0 Å². The topological polar surface area (TPSA) is 237 Å². The van der Waals surface area contributed by atoms with Crippen LogP contribution >= 0.6 is 15.6 Å². The predicted octanol–water partition coefficient (Wildman–Crippen LogP) is 21.9. The van der Waals surface area contributed by atoms with Crippen molar-refractivity contribution >= 4 is 39.5 Å². The van der Waals surface area contributed by atoms with E-state index in [1.807, 2.05) is 0 Å². The Morgan fingerprint density at radius 3 is 0.809 bits per heavy atom. The highest BCUT2D eigenvalue weighted by Crippen LogP contribution is 2.45. The van der Waals surface area contributed by atoms with Gasteiger partial charge in [-0.2, -0.15) is 0 Å². The lowest BCUT2D eigenvalue weighted by Gasteiger charge is -2.21. The maximum absolute atomic E-state index is 13.1. The minimum Gasteiger partial charge on any atom is -0.462 e. The molecule has 6 atom stereocenters. The summed E-state index contributed by atoms with van der Waals surface area (Å²) in [6.45, 7) is 9.62. The van der Waals surface area contributed by atoms with Gasteiger partial charge in [0.15, 0.2) is 12.2 Å². The molecule has 0 heterocycles. The number of aliphatic hydroxyl groups excluding tert-OH is 1. The van der Waals surface area contributed by atoms with Crippen LogP contribution in [-0.2, 0) is 65.4 Å². The van der Waals surface area contributed by atoms with Gasteiger partial charge in [-0.05, 0) is 37.5 Å². The number of hydrogen-bond donors (Lipinski definition) is 3. The molecular formula is C75H146O17P2. The van der Waals surface area contributed by atoms with Gasteiger partial charge in [0.1, 0.15) is 19.3 Å². The first-order chi connectivity index (χ1) is 45.4. The fraction of sp³-hybridized carbons (Fsp3) is 0.947. The van der Waals surface area contributed by atoms with Crippen molar-refractivity contribution in [1.29, 1.82) is 0 Å². The first kappa shape index (κ1) is 92.1. The van der Waals surface area contributed by atoms with E-state index in [2.05, 4.69) is 41.5 Å². The maximum Gasteiger partial charge on any atom is 0.472 e. The van der Waals surface area contributed by atoms with Crippen molar-refractivity contribution in [2.24, 2.45) is 11.8 Å². The summed E-state index contributed by atoms with van der Waals surface area (Å²) in [5.41, 5.74) is 0. The van der Waals surface area contributed by atoms with Crippen molar-refractivity contribution in [1.82, 2.24) is 0 Å². The lowest BCUT2D eigenvalue weighted by Crippen LogP contribution is -2.30. The molecule has 3 unspecified atom stereocenters. The fourth-order valence-corrected chi connectivity index (χ4v) is 13.0. The molecule has 0 saturated carbocycles. The van der Waals surface area contributed by atoms with Crippen molar-refractivity contribution in [3.8, 4) is 0 Å². The molecule has 17 nitrogen and oxygen atoms in total. The standard InChI is InChI=1S/C75H146O17P2/c1-7-10-12-14-16-18-20-29-33-41-47-53-59-74(79)91-70(63-85-72(77)57-51-45-39-32-27-19-17-15-13-11-8-2)65-89-93(81,82)87-61-69(76)62-88-94(83,84)90-66-71(64-86-73(78)58-52-46-40-36-35-38-44-50-56-68(6)9-3)92-75(80)60-54-48-42-34-30-26-24-22-21-23-25-28-31-37-43-49-55-67(4)5/h67-71,76H,7-66H2,1-6H3,(H,81,82)(H,83,84)/t68?,69-,70+,71+/m0/s1. The van der Waals surface area contributed by atoms with Gasteiger partial charge in [0.2, 0.25) is 0 Å². The van der Waals surface area contributed by atoms with Gasteiger partial charge in [-0.1, -0.05) is 337 Å². The molecule has 94 heavy (non-hydrogen) atoms. The van der Waals surface area contributed by atoms with Gasteiger partial charge in [-0.15, -0.1) is 0 Å². The molecule has 19 heteroatoms. The number of phosphoric ester groups is 2. The molecule has 0 aliphatic rings. The van der Waals surface area contributed by atoms with Crippen LogP contribution in [0.2, 0.25) is 0 Å². The maximum atomic E-state index is 13.1. The molecule has 0 rings (SSSR count). The van der Waals surface area contributed by atoms with Gasteiger partial charge >= 0.3 is 39.5 Å². The van der Waals surface area contributed by atoms with E-state index in [9.17, 15) is 43.2 Å². The highest BCUT2D eigenvalue weighted by Gasteiger charge is 2.30. The smallest absolute Gasteiger partial charge is 0.462 e. The van der Waals surface area contributed by atoms with E-state index in [4.69, 9.17) is 37.0 Å². The van der Waals surface area contributed by atoms with Crippen LogP contribution in [0.1, 0.15) is 388 Å². The summed E-state index contributed by atoms with van der Waals surface area (Å²) in [5, 5.41) is 10.6. The Hall–Kier alpha value is -1.94. The van der Waals surface area contributed by atoms with E-state index in [0.717, 1.165) is 102 Å². The van der Waals surface area contributed by atoms with E-state index < -0.39 is 97.5 Å². The Kier molecular flexibility index (Phi) is 65.5. The van der Waals surface area contributed by atoms with E-state index in [1.165, 1.54) is 205 Å². The third-order valence-corrected chi connectivity index (χ3v) is 19.7. The Morgan fingerprint density at radius 2 is 0.543 bits per heavy atom.